The van der Waals surface area contributed by atoms with Crippen LogP contribution < -0.4 is 10.6 Å². The molecule has 0 radical (unpaired) electrons. The van der Waals surface area contributed by atoms with Crippen molar-refractivity contribution in [1.82, 2.24) is 9.97 Å². The Bertz CT molecular complexity index is 992. The number of carbonyl (C=O) groups is 1. The maximum absolute atomic E-state index is 14.9. The summed E-state index contributed by atoms with van der Waals surface area (Å²) in [7, 11) is 0. The molecule has 0 aliphatic carbocycles. The molecule has 32 heavy (non-hydrogen) atoms. The first-order valence-corrected chi connectivity index (χ1v) is 9.67. The number of aliphatic hydroxyl groups is 2. The molecule has 1 aliphatic heterocycles. The molecule has 2 aromatic rings. The summed E-state index contributed by atoms with van der Waals surface area (Å²) in [5, 5.41) is 28.9. The van der Waals surface area contributed by atoms with Crippen molar-refractivity contribution in [2.24, 2.45) is 10.9 Å². The Balaban J connectivity index is 1.59. The maximum atomic E-state index is 14.9. The second-order valence-corrected chi connectivity index (χ2v) is 7.06. The molecule has 1 unspecified atom stereocenters. The van der Waals surface area contributed by atoms with Crippen LogP contribution in [-0.2, 0) is 21.0 Å². The predicted molar refractivity (Wildman–Crippen MR) is 112 cm³/mol. The van der Waals surface area contributed by atoms with Crippen molar-refractivity contribution in [1.29, 1.82) is 5.41 Å². The average molecular weight is 446 g/mol. The summed E-state index contributed by atoms with van der Waals surface area (Å²) in [6.07, 6.45) is 1.67. The lowest BCUT2D eigenvalue weighted by atomic mass is 10.1. The third kappa shape index (κ3) is 5.95. The van der Waals surface area contributed by atoms with Crippen LogP contribution in [0.25, 0.3) is 11.1 Å². The van der Waals surface area contributed by atoms with E-state index in [1.807, 2.05) is 4.90 Å². The van der Waals surface area contributed by atoms with Gasteiger partial charge in [0.05, 0.1) is 25.4 Å². The monoisotopic (exact) mass is 446 g/mol. The van der Waals surface area contributed by atoms with Gasteiger partial charge in [-0.3, -0.25) is 10.2 Å². The number of nitrogens with two attached hydrogens (primary N) is 1. The second-order valence-electron chi connectivity index (χ2n) is 7.06. The molecule has 0 bridgehead atoms. The predicted octanol–water partition coefficient (Wildman–Crippen LogP) is 0.198. The van der Waals surface area contributed by atoms with E-state index < -0.39 is 24.5 Å². The Hall–Kier alpha value is -3.64. The summed E-state index contributed by atoms with van der Waals surface area (Å²) in [6, 6.07) is 4.70. The van der Waals surface area contributed by atoms with Gasteiger partial charge < -0.3 is 30.4 Å². The van der Waals surface area contributed by atoms with Crippen LogP contribution in [-0.4, -0.2) is 70.1 Å². The molecular formula is C20H23FN6O5. The molecule has 5 N–H and O–H groups in total. The van der Waals surface area contributed by atoms with Crippen LogP contribution in [0.5, 0.6) is 0 Å². The van der Waals surface area contributed by atoms with Gasteiger partial charge in [0.2, 0.25) is 5.95 Å². The Kier molecular flexibility index (Phi) is 7.63. The maximum Gasteiger partial charge on any atom is 0.313 e. The minimum absolute atomic E-state index is 0.0915. The number of amidine groups is 1. The van der Waals surface area contributed by atoms with Crippen LogP contribution >= 0.6 is 0 Å². The standard InChI is InChI=1S/C20H23FN6O5/c21-19-12(10-31-18(30)4-17(22)23)2-1-3-16(19)13-5-24-20(25-6-13)27-7-14(8-27)26-32-11-15(29)9-28/h1-3,5-6,15,28-29H,4,7-11H2,(H3,22,23). The molecule has 12 heteroatoms. The molecule has 1 aromatic heterocycles. The van der Waals surface area contributed by atoms with E-state index in [4.69, 9.17) is 25.8 Å². The number of nitrogens with zero attached hydrogens (tertiary/aromatic N) is 4. The Morgan fingerprint density at radius 2 is 2.06 bits per heavy atom. The quantitative estimate of drug-likeness (QED) is 0.172. The van der Waals surface area contributed by atoms with Crippen molar-refractivity contribution in [3.05, 3.63) is 42.0 Å². The van der Waals surface area contributed by atoms with Crippen LogP contribution in [0, 0.1) is 11.2 Å². The van der Waals surface area contributed by atoms with Crippen molar-refractivity contribution < 1.29 is 29.0 Å². The zero-order valence-corrected chi connectivity index (χ0v) is 17.1. The largest absolute Gasteiger partial charge is 0.460 e. The number of aromatic nitrogens is 2. The number of carbonyl (C=O) groups excluding carboxylic acids is 1. The topological polar surface area (TPSA) is 167 Å². The van der Waals surface area contributed by atoms with Crippen molar-refractivity contribution in [3.63, 3.8) is 0 Å². The van der Waals surface area contributed by atoms with Gasteiger partial charge >= 0.3 is 5.97 Å². The van der Waals surface area contributed by atoms with Crippen LogP contribution in [0.1, 0.15) is 12.0 Å². The van der Waals surface area contributed by atoms with E-state index in [0.29, 0.717) is 24.6 Å². The third-order valence-electron chi connectivity index (χ3n) is 4.45. The number of nitrogens with one attached hydrogen (secondary N) is 1. The molecule has 3 rings (SSSR count). The minimum Gasteiger partial charge on any atom is -0.460 e. The summed E-state index contributed by atoms with van der Waals surface area (Å²) in [6.45, 7) is 0.129. The number of anilines is 1. The first-order valence-electron chi connectivity index (χ1n) is 9.67. The van der Waals surface area contributed by atoms with E-state index in [1.54, 1.807) is 12.1 Å². The Morgan fingerprint density at radius 3 is 2.72 bits per heavy atom. The highest BCUT2D eigenvalue weighted by atomic mass is 19.1. The molecule has 1 fully saturated rings. The van der Waals surface area contributed by atoms with Gasteiger partial charge in [-0.05, 0) is 0 Å². The summed E-state index contributed by atoms with van der Waals surface area (Å²) in [5.74, 6) is -1.14. The van der Waals surface area contributed by atoms with Crippen molar-refractivity contribution in [3.8, 4) is 11.1 Å². The molecule has 1 aliphatic rings. The highest BCUT2D eigenvalue weighted by Gasteiger charge is 2.25. The first kappa shape index (κ1) is 23.0. The van der Waals surface area contributed by atoms with E-state index in [2.05, 4.69) is 15.1 Å². The zero-order valence-electron chi connectivity index (χ0n) is 17.1. The molecule has 0 amide bonds. The zero-order chi connectivity index (χ0) is 23.1. The van der Waals surface area contributed by atoms with Gasteiger partial charge in [0.15, 0.2) is 0 Å². The highest BCUT2D eigenvalue weighted by molar-refractivity contribution is 5.98. The van der Waals surface area contributed by atoms with Gasteiger partial charge in [0, 0.05) is 29.1 Å². The van der Waals surface area contributed by atoms with Gasteiger partial charge in [-0.1, -0.05) is 23.4 Å². The number of benzene rings is 1. The molecule has 1 aromatic carbocycles. The normalized spacial score (nSPS) is 13.8. The lowest BCUT2D eigenvalue weighted by molar-refractivity contribution is -0.143. The van der Waals surface area contributed by atoms with E-state index >= 15 is 0 Å². The number of hydrogen-bond acceptors (Lipinski definition) is 10. The first-order chi connectivity index (χ1) is 15.4. The summed E-state index contributed by atoms with van der Waals surface area (Å²) in [5.41, 5.74) is 6.78. The number of ether oxygens (including phenoxy) is 1. The molecule has 0 spiro atoms. The SMILES string of the molecule is N=C(N)CC(=O)OCc1cccc(-c2cnc(N3CC(=NOCC(O)CO)C3)nc2)c1F. The molecule has 11 nitrogen and oxygen atoms in total. The van der Waals surface area contributed by atoms with E-state index in [0.717, 1.165) is 5.71 Å². The summed E-state index contributed by atoms with van der Waals surface area (Å²) < 4.78 is 19.8. The molecule has 0 saturated carbocycles. The molecule has 170 valence electrons. The van der Waals surface area contributed by atoms with Gasteiger partial charge in [-0.2, -0.15) is 0 Å². The number of aliphatic hydroxyl groups excluding tert-OH is 2. The van der Waals surface area contributed by atoms with Crippen LogP contribution in [0.4, 0.5) is 10.3 Å². The van der Waals surface area contributed by atoms with E-state index in [-0.39, 0.29) is 36.6 Å². The molecule has 2 heterocycles. The Labute approximate surface area is 182 Å². The summed E-state index contributed by atoms with van der Waals surface area (Å²) >= 11 is 0. The van der Waals surface area contributed by atoms with Crippen LogP contribution in [0.15, 0.2) is 35.7 Å². The molecule has 1 saturated heterocycles. The van der Waals surface area contributed by atoms with Crippen molar-refractivity contribution in [2.75, 3.05) is 31.2 Å². The fraction of sp³-hybridized carbons (Fsp3) is 0.350. The number of hydrogen-bond donors (Lipinski definition) is 4. The van der Waals surface area contributed by atoms with Gasteiger partial charge in [-0.15, -0.1) is 0 Å². The Morgan fingerprint density at radius 1 is 1.34 bits per heavy atom. The van der Waals surface area contributed by atoms with Crippen LogP contribution in [0.3, 0.4) is 0 Å². The lowest BCUT2D eigenvalue weighted by Gasteiger charge is -2.31. The summed E-state index contributed by atoms with van der Waals surface area (Å²) in [4.78, 5) is 26.8. The fourth-order valence-corrected chi connectivity index (χ4v) is 2.76. The molecular weight excluding hydrogens is 423 g/mol. The lowest BCUT2D eigenvalue weighted by Crippen LogP contribution is -2.48. The molecule has 1 atom stereocenters. The third-order valence-corrected chi connectivity index (χ3v) is 4.45. The van der Waals surface area contributed by atoms with Crippen molar-refractivity contribution >= 4 is 23.5 Å². The minimum atomic E-state index is -0.974. The number of halogens is 1. The van der Waals surface area contributed by atoms with E-state index in [1.165, 1.54) is 18.5 Å². The van der Waals surface area contributed by atoms with Crippen molar-refractivity contribution in [2.45, 2.75) is 19.1 Å². The average Bonchev–Trinajstić information content (AvgIpc) is 2.74. The number of oxime groups is 1. The fourth-order valence-electron chi connectivity index (χ4n) is 2.76. The highest BCUT2D eigenvalue weighted by Crippen LogP contribution is 2.26. The number of esters is 1. The van der Waals surface area contributed by atoms with Gasteiger partial charge in [0.1, 0.15) is 37.4 Å². The van der Waals surface area contributed by atoms with Gasteiger partial charge in [0.25, 0.3) is 0 Å². The number of rotatable bonds is 10. The van der Waals surface area contributed by atoms with Gasteiger partial charge in [-0.25, -0.2) is 14.4 Å². The smallest absolute Gasteiger partial charge is 0.313 e. The second kappa shape index (κ2) is 10.6. The van der Waals surface area contributed by atoms with Crippen LogP contribution in [0.2, 0.25) is 0 Å². The van der Waals surface area contributed by atoms with E-state index in [9.17, 15) is 14.3 Å².